The molecule has 0 aromatic carbocycles. The number of alkyl halides is 2. The molecule has 0 bridgehead atoms. The van der Waals surface area contributed by atoms with Gasteiger partial charge in [-0.3, -0.25) is 9.59 Å². The van der Waals surface area contributed by atoms with Gasteiger partial charge in [0.2, 0.25) is 11.8 Å². The minimum absolute atomic E-state index is 0.124. The van der Waals surface area contributed by atoms with E-state index in [9.17, 15) is 18.4 Å². The van der Waals surface area contributed by atoms with E-state index in [2.05, 4.69) is 15.3 Å². The highest BCUT2D eigenvalue weighted by molar-refractivity contribution is 5.96. The summed E-state index contributed by atoms with van der Waals surface area (Å²) in [5.74, 6) is -2.57. The highest BCUT2D eigenvalue weighted by Crippen LogP contribution is 2.26. The predicted molar refractivity (Wildman–Crippen MR) is 118 cm³/mol. The number of nitrogens with one attached hydrogen (secondary N) is 1. The summed E-state index contributed by atoms with van der Waals surface area (Å²) in [4.78, 5) is 34.4. The second-order valence-corrected chi connectivity index (χ2v) is 7.62. The molecule has 1 atom stereocenters. The maximum absolute atomic E-state index is 13.4. The van der Waals surface area contributed by atoms with Crippen molar-refractivity contribution in [2.75, 3.05) is 19.0 Å². The normalized spacial score (nSPS) is 12.2. The van der Waals surface area contributed by atoms with Crippen LogP contribution in [0.2, 0.25) is 0 Å². The van der Waals surface area contributed by atoms with E-state index in [4.69, 9.17) is 4.74 Å². The van der Waals surface area contributed by atoms with E-state index in [-0.39, 0.29) is 37.3 Å². The number of hydrogen-bond acceptors (Lipinski definition) is 5. The minimum atomic E-state index is -2.75. The Balaban J connectivity index is 2.08. The Kier molecular flexibility index (Phi) is 8.63. The Bertz CT molecular complexity index is 953. The summed E-state index contributed by atoms with van der Waals surface area (Å²) in [5.41, 5.74) is 1.86. The highest BCUT2D eigenvalue weighted by Gasteiger charge is 2.26. The van der Waals surface area contributed by atoms with Gasteiger partial charge in [-0.05, 0) is 37.6 Å². The molecular weight excluding hydrogens is 418 g/mol. The molecule has 0 fully saturated rings. The Morgan fingerprint density at radius 3 is 2.59 bits per heavy atom. The van der Waals surface area contributed by atoms with Crippen molar-refractivity contribution in [2.45, 2.75) is 58.9 Å². The minimum Gasteiger partial charge on any atom is -0.477 e. The SMILES string of the molecule is CCC(=O)Nc1cc(C(=O)N(C)C(C)c2cnc(OCCC(F)(F)CC)c(C)c2)ccn1. The number of rotatable bonds is 10. The molecule has 2 aromatic heterocycles. The molecule has 0 aliphatic heterocycles. The molecule has 174 valence electrons. The van der Waals surface area contributed by atoms with Crippen molar-refractivity contribution in [1.29, 1.82) is 0 Å². The lowest BCUT2D eigenvalue weighted by molar-refractivity contribution is -0.115. The summed E-state index contributed by atoms with van der Waals surface area (Å²) in [5, 5.41) is 2.64. The highest BCUT2D eigenvalue weighted by atomic mass is 19.3. The molecule has 2 rings (SSSR count). The summed E-state index contributed by atoms with van der Waals surface area (Å²) in [6.07, 6.45) is 2.76. The standard InChI is InChI=1S/C23H30F2N4O3/c1-6-20(30)28-19-13-17(8-10-26-19)22(31)29(5)16(4)18-12-15(3)21(27-14-18)32-11-9-23(24,25)7-2/h8,10,12-14,16H,6-7,9,11H2,1-5H3,(H,26,28,30). The second-order valence-electron chi connectivity index (χ2n) is 7.62. The Labute approximate surface area is 187 Å². The van der Waals surface area contributed by atoms with Crippen molar-refractivity contribution in [3.63, 3.8) is 0 Å². The smallest absolute Gasteiger partial charge is 0.254 e. The lowest BCUT2D eigenvalue weighted by Crippen LogP contribution is -2.30. The third kappa shape index (κ3) is 6.70. The number of aryl methyl sites for hydroxylation is 1. The van der Waals surface area contributed by atoms with Crippen molar-refractivity contribution in [2.24, 2.45) is 0 Å². The number of amides is 2. The van der Waals surface area contributed by atoms with Crippen LogP contribution >= 0.6 is 0 Å². The van der Waals surface area contributed by atoms with Crippen molar-refractivity contribution in [3.8, 4) is 5.88 Å². The molecule has 0 saturated heterocycles. The third-order valence-corrected chi connectivity index (χ3v) is 5.25. The largest absolute Gasteiger partial charge is 0.477 e. The molecule has 1 unspecified atom stereocenters. The van der Waals surface area contributed by atoms with E-state index < -0.39 is 5.92 Å². The number of anilines is 1. The van der Waals surface area contributed by atoms with E-state index in [1.54, 1.807) is 38.1 Å². The summed E-state index contributed by atoms with van der Waals surface area (Å²) in [6.45, 7) is 6.68. The molecule has 7 nitrogen and oxygen atoms in total. The van der Waals surface area contributed by atoms with Crippen LogP contribution in [-0.2, 0) is 4.79 Å². The maximum Gasteiger partial charge on any atom is 0.254 e. The first-order valence-electron chi connectivity index (χ1n) is 10.6. The fourth-order valence-corrected chi connectivity index (χ4v) is 2.90. The van der Waals surface area contributed by atoms with Crippen LogP contribution in [0.4, 0.5) is 14.6 Å². The summed E-state index contributed by atoms with van der Waals surface area (Å²) >= 11 is 0. The summed E-state index contributed by atoms with van der Waals surface area (Å²) < 4.78 is 32.2. The number of nitrogens with zero attached hydrogens (tertiary/aromatic N) is 3. The summed E-state index contributed by atoms with van der Waals surface area (Å²) in [7, 11) is 1.67. The number of ether oxygens (including phenoxy) is 1. The van der Waals surface area contributed by atoms with Crippen molar-refractivity contribution in [1.82, 2.24) is 14.9 Å². The van der Waals surface area contributed by atoms with Gasteiger partial charge in [-0.1, -0.05) is 13.8 Å². The second kappa shape index (κ2) is 11.0. The number of aromatic nitrogens is 2. The van der Waals surface area contributed by atoms with Crippen LogP contribution in [0.25, 0.3) is 0 Å². The molecule has 0 aliphatic rings. The number of pyridine rings is 2. The molecule has 9 heteroatoms. The van der Waals surface area contributed by atoms with Crippen LogP contribution in [0.3, 0.4) is 0 Å². The first-order chi connectivity index (χ1) is 15.1. The molecular formula is C23H30F2N4O3. The molecule has 0 spiro atoms. The molecule has 2 amide bonds. The van der Waals surface area contributed by atoms with E-state index in [0.717, 1.165) is 5.56 Å². The predicted octanol–water partition coefficient (Wildman–Crippen LogP) is 4.78. The lowest BCUT2D eigenvalue weighted by Gasteiger charge is -2.26. The fourth-order valence-electron chi connectivity index (χ4n) is 2.90. The number of carbonyl (C=O) groups excluding carboxylic acids is 2. The number of hydrogen-bond donors (Lipinski definition) is 1. The van der Waals surface area contributed by atoms with E-state index >= 15 is 0 Å². The monoisotopic (exact) mass is 448 g/mol. The van der Waals surface area contributed by atoms with E-state index in [1.165, 1.54) is 19.2 Å². The number of halogens is 2. The van der Waals surface area contributed by atoms with Gasteiger partial charge in [0.05, 0.1) is 12.6 Å². The molecule has 32 heavy (non-hydrogen) atoms. The zero-order valence-corrected chi connectivity index (χ0v) is 19.1. The average molecular weight is 449 g/mol. The van der Waals surface area contributed by atoms with Gasteiger partial charge in [0.15, 0.2) is 0 Å². The van der Waals surface area contributed by atoms with E-state index in [1.807, 2.05) is 13.0 Å². The van der Waals surface area contributed by atoms with Gasteiger partial charge in [0.25, 0.3) is 11.8 Å². The van der Waals surface area contributed by atoms with Gasteiger partial charge < -0.3 is 15.0 Å². The average Bonchev–Trinajstić information content (AvgIpc) is 2.78. The first kappa shape index (κ1) is 25.2. The maximum atomic E-state index is 13.4. The van der Waals surface area contributed by atoms with Crippen LogP contribution in [0, 0.1) is 6.92 Å². The summed E-state index contributed by atoms with van der Waals surface area (Å²) in [6, 6.07) is 4.63. The van der Waals surface area contributed by atoms with Gasteiger partial charge in [0, 0.05) is 49.8 Å². The fraction of sp³-hybridized carbons (Fsp3) is 0.478. The molecule has 1 N–H and O–H groups in total. The van der Waals surface area contributed by atoms with E-state index in [0.29, 0.717) is 29.2 Å². The van der Waals surface area contributed by atoms with Crippen LogP contribution in [0.1, 0.15) is 67.6 Å². The van der Waals surface area contributed by atoms with Gasteiger partial charge in [-0.25, -0.2) is 18.7 Å². The lowest BCUT2D eigenvalue weighted by atomic mass is 10.1. The van der Waals surface area contributed by atoms with Crippen molar-refractivity contribution < 1.29 is 23.1 Å². The molecule has 2 heterocycles. The van der Waals surface area contributed by atoms with Gasteiger partial charge >= 0.3 is 0 Å². The topological polar surface area (TPSA) is 84.4 Å². The molecule has 0 saturated carbocycles. The van der Waals surface area contributed by atoms with Crippen molar-refractivity contribution >= 4 is 17.6 Å². The zero-order valence-electron chi connectivity index (χ0n) is 19.1. The first-order valence-corrected chi connectivity index (χ1v) is 10.6. The zero-order chi connectivity index (χ0) is 23.9. The Hall–Kier alpha value is -3.10. The van der Waals surface area contributed by atoms with Crippen LogP contribution in [0.15, 0.2) is 30.6 Å². The van der Waals surface area contributed by atoms with Crippen LogP contribution < -0.4 is 10.1 Å². The van der Waals surface area contributed by atoms with Crippen LogP contribution in [0.5, 0.6) is 5.88 Å². The third-order valence-electron chi connectivity index (χ3n) is 5.25. The van der Waals surface area contributed by atoms with Gasteiger partial charge in [-0.15, -0.1) is 0 Å². The van der Waals surface area contributed by atoms with Crippen LogP contribution in [-0.4, -0.2) is 46.3 Å². The van der Waals surface area contributed by atoms with Crippen molar-refractivity contribution in [3.05, 3.63) is 47.3 Å². The molecule has 2 aromatic rings. The number of carbonyl (C=O) groups is 2. The molecule has 0 aliphatic carbocycles. The quantitative estimate of drug-likeness (QED) is 0.565. The molecule has 0 radical (unpaired) electrons. The Morgan fingerprint density at radius 2 is 1.97 bits per heavy atom. The van der Waals surface area contributed by atoms with Gasteiger partial charge in [-0.2, -0.15) is 0 Å². The van der Waals surface area contributed by atoms with Gasteiger partial charge in [0.1, 0.15) is 5.82 Å². The Morgan fingerprint density at radius 1 is 1.25 bits per heavy atom.